The Morgan fingerprint density at radius 1 is 1.10 bits per heavy atom. The van der Waals surface area contributed by atoms with Crippen molar-refractivity contribution in [3.63, 3.8) is 0 Å². The van der Waals surface area contributed by atoms with E-state index in [2.05, 4.69) is 25.7 Å². The van der Waals surface area contributed by atoms with Gasteiger partial charge in [0.2, 0.25) is 0 Å². The van der Waals surface area contributed by atoms with Crippen molar-refractivity contribution in [2.45, 2.75) is 45.2 Å². The van der Waals surface area contributed by atoms with Crippen LogP contribution in [0.3, 0.4) is 0 Å². The lowest BCUT2D eigenvalue weighted by atomic mass is 10.1. The summed E-state index contributed by atoms with van der Waals surface area (Å²) >= 11 is 0. The highest BCUT2D eigenvalue weighted by atomic mass is 28.4. The molecule has 0 saturated heterocycles. The monoisotopic (exact) mass is 307 g/mol. The molecular weight excluding hydrogens is 278 g/mol. The van der Waals surface area contributed by atoms with E-state index in [0.717, 1.165) is 19.0 Å². The first-order chi connectivity index (χ1) is 9.20. The molecule has 0 amide bonds. The third kappa shape index (κ3) is 6.80. The number of carboxylic acids is 1. The van der Waals surface area contributed by atoms with Crippen molar-refractivity contribution in [2.75, 3.05) is 34.4 Å². The van der Waals surface area contributed by atoms with E-state index in [1.54, 1.807) is 21.3 Å². The van der Waals surface area contributed by atoms with Gasteiger partial charge < -0.3 is 18.4 Å². The predicted octanol–water partition coefficient (Wildman–Crippen LogP) is 1.83. The van der Waals surface area contributed by atoms with Crippen LogP contribution in [0.1, 0.15) is 33.6 Å². The van der Waals surface area contributed by atoms with Gasteiger partial charge in [0.15, 0.2) is 0 Å². The van der Waals surface area contributed by atoms with Crippen LogP contribution in [0.5, 0.6) is 0 Å². The van der Waals surface area contributed by atoms with Gasteiger partial charge in [0.05, 0.1) is 6.42 Å². The van der Waals surface area contributed by atoms with E-state index in [4.69, 9.17) is 18.4 Å². The molecule has 120 valence electrons. The zero-order valence-corrected chi connectivity index (χ0v) is 14.6. The molecule has 7 heteroatoms. The van der Waals surface area contributed by atoms with Gasteiger partial charge in [-0.2, -0.15) is 0 Å². The normalized spacial score (nSPS) is 12.9. The third-order valence-electron chi connectivity index (χ3n) is 3.39. The van der Waals surface area contributed by atoms with Crippen molar-refractivity contribution in [2.24, 2.45) is 0 Å². The summed E-state index contributed by atoms with van der Waals surface area (Å²) in [5, 5.41) is 8.82. The van der Waals surface area contributed by atoms with Crippen molar-refractivity contribution in [1.29, 1.82) is 0 Å². The van der Waals surface area contributed by atoms with Crippen molar-refractivity contribution in [1.82, 2.24) is 4.90 Å². The molecule has 0 atom stereocenters. The Labute approximate surface area is 123 Å². The minimum absolute atomic E-state index is 0.0626. The second kappa shape index (κ2) is 8.73. The summed E-state index contributed by atoms with van der Waals surface area (Å²) in [6, 6.07) is 0.718. The molecule has 0 aromatic rings. The molecule has 0 aliphatic rings. The van der Waals surface area contributed by atoms with Crippen molar-refractivity contribution < 1.29 is 23.2 Å². The average molecular weight is 307 g/mol. The number of rotatable bonds is 10. The molecule has 1 N–H and O–H groups in total. The Morgan fingerprint density at radius 3 is 1.95 bits per heavy atom. The molecule has 0 rings (SSSR count). The van der Waals surface area contributed by atoms with Gasteiger partial charge in [0, 0.05) is 39.5 Å². The molecule has 0 aliphatic carbocycles. The number of hydrogen-bond donors (Lipinski definition) is 1. The SMILES string of the molecule is CO[Si](CCCN(CCC(=O)O)C(C)(C)C)(OC)OC. The van der Waals surface area contributed by atoms with Gasteiger partial charge in [-0.15, -0.1) is 0 Å². The lowest BCUT2D eigenvalue weighted by Gasteiger charge is -2.36. The summed E-state index contributed by atoms with van der Waals surface area (Å²) in [5.74, 6) is -0.770. The minimum Gasteiger partial charge on any atom is -0.481 e. The second-order valence-electron chi connectivity index (χ2n) is 5.70. The highest BCUT2D eigenvalue weighted by Gasteiger charge is 2.37. The maximum atomic E-state index is 10.7. The lowest BCUT2D eigenvalue weighted by molar-refractivity contribution is -0.137. The maximum Gasteiger partial charge on any atom is 0.500 e. The minimum atomic E-state index is -2.53. The van der Waals surface area contributed by atoms with Crippen molar-refractivity contribution in [3.8, 4) is 0 Å². The van der Waals surface area contributed by atoms with Crippen LogP contribution in [0, 0.1) is 0 Å². The number of nitrogens with zero attached hydrogens (tertiary/aromatic N) is 1. The second-order valence-corrected chi connectivity index (χ2v) is 8.79. The third-order valence-corrected chi connectivity index (χ3v) is 6.22. The molecule has 0 aromatic carbocycles. The molecule has 0 spiro atoms. The summed E-state index contributed by atoms with van der Waals surface area (Å²) in [4.78, 5) is 12.9. The van der Waals surface area contributed by atoms with Gasteiger partial charge in [0.25, 0.3) is 0 Å². The molecule has 20 heavy (non-hydrogen) atoms. The number of carbonyl (C=O) groups is 1. The van der Waals surface area contributed by atoms with E-state index in [1.807, 2.05) is 0 Å². The van der Waals surface area contributed by atoms with E-state index in [9.17, 15) is 4.79 Å². The first kappa shape index (κ1) is 19.5. The first-order valence-electron chi connectivity index (χ1n) is 6.83. The maximum absolute atomic E-state index is 10.7. The van der Waals surface area contributed by atoms with Crippen LogP contribution in [-0.2, 0) is 18.1 Å². The number of hydrogen-bond acceptors (Lipinski definition) is 5. The van der Waals surface area contributed by atoms with Crippen LogP contribution < -0.4 is 0 Å². The summed E-state index contributed by atoms with van der Waals surface area (Å²) in [6.45, 7) is 7.59. The van der Waals surface area contributed by atoms with Crippen molar-refractivity contribution in [3.05, 3.63) is 0 Å². The molecule has 6 nitrogen and oxygen atoms in total. The van der Waals surface area contributed by atoms with Crippen LogP contribution in [0.15, 0.2) is 0 Å². The quantitative estimate of drug-likeness (QED) is 0.621. The standard InChI is InChI=1S/C13H29NO5Si/c1-13(2,3)14(10-8-12(15)16)9-7-11-20(17-4,18-5)19-6/h7-11H2,1-6H3,(H,15,16). The summed E-state index contributed by atoms with van der Waals surface area (Å²) in [7, 11) is 2.28. The van der Waals surface area contributed by atoms with E-state index in [1.165, 1.54) is 0 Å². The fourth-order valence-electron chi connectivity index (χ4n) is 2.06. The van der Waals surface area contributed by atoms with E-state index >= 15 is 0 Å². The molecule has 0 heterocycles. The van der Waals surface area contributed by atoms with E-state index in [-0.39, 0.29) is 12.0 Å². The Hall–Kier alpha value is -0.473. The van der Waals surface area contributed by atoms with Gasteiger partial charge in [-0.3, -0.25) is 9.69 Å². The summed E-state index contributed by atoms with van der Waals surface area (Å²) in [6.07, 6.45) is 0.997. The van der Waals surface area contributed by atoms with Gasteiger partial charge in [-0.25, -0.2) is 0 Å². The Kier molecular flexibility index (Phi) is 8.53. The molecule has 0 radical (unpaired) electrons. The van der Waals surface area contributed by atoms with Gasteiger partial charge >= 0.3 is 14.8 Å². The van der Waals surface area contributed by atoms with E-state index in [0.29, 0.717) is 6.54 Å². The topological polar surface area (TPSA) is 68.2 Å². The Morgan fingerprint density at radius 2 is 1.60 bits per heavy atom. The van der Waals surface area contributed by atoms with Crippen LogP contribution >= 0.6 is 0 Å². The Balaban J connectivity index is 4.43. The van der Waals surface area contributed by atoms with Crippen LogP contribution in [-0.4, -0.2) is 64.7 Å². The molecule has 0 fully saturated rings. The van der Waals surface area contributed by atoms with Gasteiger partial charge in [0.1, 0.15) is 0 Å². The van der Waals surface area contributed by atoms with Crippen LogP contribution in [0.2, 0.25) is 6.04 Å². The molecule has 0 aliphatic heterocycles. The van der Waals surface area contributed by atoms with Gasteiger partial charge in [-0.1, -0.05) is 0 Å². The molecular formula is C13H29NO5Si. The van der Waals surface area contributed by atoms with Crippen LogP contribution in [0.25, 0.3) is 0 Å². The van der Waals surface area contributed by atoms with Crippen molar-refractivity contribution >= 4 is 14.8 Å². The molecule has 0 aromatic heterocycles. The molecule has 0 unspecified atom stereocenters. The highest BCUT2D eigenvalue weighted by Crippen LogP contribution is 2.19. The summed E-state index contributed by atoms with van der Waals surface area (Å²) < 4.78 is 16.2. The number of carboxylic acid groups (broad SMARTS) is 1. The highest BCUT2D eigenvalue weighted by molar-refractivity contribution is 6.60. The summed E-state index contributed by atoms with van der Waals surface area (Å²) in [5.41, 5.74) is -0.0626. The smallest absolute Gasteiger partial charge is 0.481 e. The van der Waals surface area contributed by atoms with E-state index < -0.39 is 14.8 Å². The largest absolute Gasteiger partial charge is 0.500 e. The van der Waals surface area contributed by atoms with Gasteiger partial charge in [-0.05, 0) is 33.7 Å². The predicted molar refractivity (Wildman–Crippen MR) is 79.8 cm³/mol. The van der Waals surface area contributed by atoms with Crippen LogP contribution in [0.4, 0.5) is 0 Å². The number of aliphatic carboxylic acids is 1. The fourth-order valence-corrected chi connectivity index (χ4v) is 3.76. The average Bonchev–Trinajstić information content (AvgIpc) is 2.37. The fraction of sp³-hybridized carbons (Fsp3) is 0.923. The zero-order valence-electron chi connectivity index (χ0n) is 13.6. The first-order valence-corrected chi connectivity index (χ1v) is 8.76. The molecule has 0 saturated carbocycles. The zero-order chi connectivity index (χ0) is 15.8. The Bertz CT molecular complexity index is 281. The molecule has 0 bridgehead atoms. The lowest BCUT2D eigenvalue weighted by Crippen LogP contribution is -2.46.